The molecule has 2 aromatic rings. The van der Waals surface area contributed by atoms with Crippen LogP contribution >= 0.6 is 0 Å². The summed E-state index contributed by atoms with van der Waals surface area (Å²) in [5.74, 6) is 0.948. The molecule has 0 aromatic heterocycles. The molecule has 0 spiro atoms. The first-order valence-corrected chi connectivity index (χ1v) is 11.9. The highest BCUT2D eigenvalue weighted by Gasteiger charge is 2.35. The van der Waals surface area contributed by atoms with E-state index in [0.29, 0.717) is 12.1 Å². The van der Waals surface area contributed by atoms with Gasteiger partial charge in [0.25, 0.3) is 5.91 Å². The molecule has 1 unspecified atom stereocenters. The van der Waals surface area contributed by atoms with Gasteiger partial charge in [0.2, 0.25) is 0 Å². The van der Waals surface area contributed by atoms with E-state index >= 15 is 0 Å². The molecule has 1 amide bonds. The summed E-state index contributed by atoms with van der Waals surface area (Å²) >= 11 is 0. The fourth-order valence-corrected chi connectivity index (χ4v) is 5.20. The van der Waals surface area contributed by atoms with Crippen molar-refractivity contribution in [3.8, 4) is 16.9 Å². The average Bonchev–Trinajstić information content (AvgIpc) is 2.82. The third-order valence-electron chi connectivity index (χ3n) is 6.81. The molecule has 0 aliphatic heterocycles. The van der Waals surface area contributed by atoms with Crippen LogP contribution < -0.4 is 4.74 Å². The summed E-state index contributed by atoms with van der Waals surface area (Å²) in [5.41, 5.74) is 2.35. The Balaban J connectivity index is 1.44. The maximum absolute atomic E-state index is 13.5. The van der Waals surface area contributed by atoms with E-state index in [0.717, 1.165) is 37.0 Å². The summed E-state index contributed by atoms with van der Waals surface area (Å²) in [5, 5.41) is 0. The predicted molar refractivity (Wildman–Crippen MR) is 123 cm³/mol. The van der Waals surface area contributed by atoms with Gasteiger partial charge in [-0.25, -0.2) is 0 Å². The highest BCUT2D eigenvalue weighted by Crippen LogP contribution is 2.31. The molecule has 2 fully saturated rings. The predicted octanol–water partition coefficient (Wildman–Crippen LogP) is 6.61. The van der Waals surface area contributed by atoms with Gasteiger partial charge in [0, 0.05) is 12.1 Å². The lowest BCUT2D eigenvalue weighted by atomic mass is 9.88. The van der Waals surface area contributed by atoms with E-state index in [2.05, 4.69) is 29.2 Å². The summed E-state index contributed by atoms with van der Waals surface area (Å²) in [4.78, 5) is 15.8. The van der Waals surface area contributed by atoms with Gasteiger partial charge in [0.1, 0.15) is 5.75 Å². The van der Waals surface area contributed by atoms with E-state index in [1.807, 2.05) is 37.3 Å². The Kier molecular flexibility index (Phi) is 7.09. The largest absolute Gasteiger partial charge is 0.481 e. The Morgan fingerprint density at radius 2 is 1.27 bits per heavy atom. The van der Waals surface area contributed by atoms with Gasteiger partial charge in [0.15, 0.2) is 6.10 Å². The van der Waals surface area contributed by atoms with Gasteiger partial charge in [-0.15, -0.1) is 0 Å². The Morgan fingerprint density at radius 1 is 0.767 bits per heavy atom. The Hall–Kier alpha value is -2.29. The van der Waals surface area contributed by atoms with Crippen LogP contribution in [-0.2, 0) is 4.79 Å². The molecule has 2 aliphatic rings. The summed E-state index contributed by atoms with van der Waals surface area (Å²) in [7, 11) is 0. The van der Waals surface area contributed by atoms with Crippen LogP contribution in [0.3, 0.4) is 0 Å². The van der Waals surface area contributed by atoms with Gasteiger partial charge in [-0.3, -0.25) is 4.79 Å². The van der Waals surface area contributed by atoms with E-state index in [1.54, 1.807) is 0 Å². The van der Waals surface area contributed by atoms with Crippen LogP contribution in [0.2, 0.25) is 0 Å². The number of nitrogens with zero attached hydrogens (tertiary/aromatic N) is 1. The van der Waals surface area contributed by atoms with Crippen molar-refractivity contribution in [3.05, 3.63) is 54.6 Å². The number of hydrogen-bond donors (Lipinski definition) is 0. The molecule has 0 heterocycles. The maximum Gasteiger partial charge on any atom is 0.263 e. The molecule has 1 atom stereocenters. The topological polar surface area (TPSA) is 29.5 Å². The lowest BCUT2D eigenvalue weighted by Gasteiger charge is -2.42. The Labute approximate surface area is 181 Å². The number of benzene rings is 2. The third-order valence-corrected chi connectivity index (χ3v) is 6.81. The molecule has 0 bridgehead atoms. The summed E-state index contributed by atoms with van der Waals surface area (Å²) in [6, 6.07) is 19.2. The zero-order valence-electron chi connectivity index (χ0n) is 18.3. The summed E-state index contributed by atoms with van der Waals surface area (Å²) in [6.07, 6.45) is 11.8. The first-order valence-electron chi connectivity index (χ1n) is 11.9. The van der Waals surface area contributed by atoms with Gasteiger partial charge in [0.05, 0.1) is 0 Å². The van der Waals surface area contributed by atoms with Gasteiger partial charge in [-0.1, -0.05) is 81.0 Å². The van der Waals surface area contributed by atoms with Gasteiger partial charge >= 0.3 is 0 Å². The van der Waals surface area contributed by atoms with Crippen LogP contribution in [0.1, 0.15) is 71.1 Å². The normalized spacial score (nSPS) is 19.2. The molecule has 4 rings (SSSR count). The van der Waals surface area contributed by atoms with Crippen LogP contribution in [0.5, 0.6) is 5.75 Å². The van der Waals surface area contributed by atoms with E-state index in [1.165, 1.54) is 44.1 Å². The van der Waals surface area contributed by atoms with E-state index in [-0.39, 0.29) is 5.91 Å². The van der Waals surface area contributed by atoms with Crippen LogP contribution in [0.15, 0.2) is 54.6 Å². The fraction of sp³-hybridized carbons (Fsp3) is 0.519. The minimum Gasteiger partial charge on any atom is -0.481 e. The standard InChI is InChI=1S/C27H35NO2/c1-21(30-26-19-17-23(18-20-26)22-11-5-2-6-12-22)27(29)28(24-13-7-3-8-14-24)25-15-9-4-10-16-25/h2,5-6,11-12,17-21,24-25H,3-4,7-10,13-16H2,1H3. The number of rotatable bonds is 6. The smallest absolute Gasteiger partial charge is 0.263 e. The minimum atomic E-state index is -0.448. The minimum absolute atomic E-state index is 0.181. The highest BCUT2D eigenvalue weighted by molar-refractivity contribution is 5.81. The molecule has 30 heavy (non-hydrogen) atoms. The first-order chi connectivity index (χ1) is 14.7. The van der Waals surface area contributed by atoms with Gasteiger partial charge in [-0.05, 0) is 55.9 Å². The van der Waals surface area contributed by atoms with Crippen molar-refractivity contribution in [2.45, 2.75) is 89.3 Å². The lowest BCUT2D eigenvalue weighted by molar-refractivity contribution is -0.145. The second-order valence-electron chi connectivity index (χ2n) is 8.98. The van der Waals surface area contributed by atoms with Crippen molar-refractivity contribution in [2.75, 3.05) is 0 Å². The summed E-state index contributed by atoms with van der Waals surface area (Å²) in [6.45, 7) is 1.92. The number of hydrogen-bond acceptors (Lipinski definition) is 2. The fourth-order valence-electron chi connectivity index (χ4n) is 5.20. The molecule has 2 aromatic carbocycles. The molecule has 3 nitrogen and oxygen atoms in total. The molecule has 160 valence electrons. The maximum atomic E-state index is 13.5. The van der Waals surface area contributed by atoms with Crippen LogP contribution in [0, 0.1) is 0 Å². The molecule has 2 aliphatic carbocycles. The zero-order chi connectivity index (χ0) is 20.8. The Morgan fingerprint density at radius 3 is 1.80 bits per heavy atom. The van der Waals surface area contributed by atoms with E-state index in [9.17, 15) is 4.79 Å². The quantitative estimate of drug-likeness (QED) is 0.541. The SMILES string of the molecule is CC(Oc1ccc(-c2ccccc2)cc1)C(=O)N(C1CCCCC1)C1CCCCC1. The van der Waals surface area contributed by atoms with Crippen molar-refractivity contribution in [1.82, 2.24) is 4.90 Å². The van der Waals surface area contributed by atoms with Crippen LogP contribution in [-0.4, -0.2) is 29.0 Å². The lowest BCUT2D eigenvalue weighted by Crippen LogP contribution is -2.52. The van der Waals surface area contributed by atoms with Crippen LogP contribution in [0.25, 0.3) is 11.1 Å². The number of ether oxygens (including phenoxy) is 1. The molecule has 2 saturated carbocycles. The first kappa shape index (κ1) is 21.0. The van der Waals surface area contributed by atoms with Crippen molar-refractivity contribution in [3.63, 3.8) is 0 Å². The van der Waals surface area contributed by atoms with E-state index in [4.69, 9.17) is 4.74 Å². The van der Waals surface area contributed by atoms with Crippen molar-refractivity contribution >= 4 is 5.91 Å². The molecular weight excluding hydrogens is 370 g/mol. The average molecular weight is 406 g/mol. The second kappa shape index (κ2) is 10.1. The van der Waals surface area contributed by atoms with Crippen molar-refractivity contribution in [1.29, 1.82) is 0 Å². The van der Waals surface area contributed by atoms with Gasteiger partial charge in [-0.2, -0.15) is 0 Å². The molecule has 0 radical (unpaired) electrons. The van der Waals surface area contributed by atoms with Crippen molar-refractivity contribution < 1.29 is 9.53 Å². The second-order valence-corrected chi connectivity index (χ2v) is 8.98. The third kappa shape index (κ3) is 5.06. The van der Waals surface area contributed by atoms with E-state index < -0.39 is 6.10 Å². The molecular formula is C27H35NO2. The number of carbonyl (C=O) groups is 1. The van der Waals surface area contributed by atoms with Crippen LogP contribution in [0.4, 0.5) is 0 Å². The Bertz CT molecular complexity index is 771. The molecule has 0 saturated heterocycles. The summed E-state index contributed by atoms with van der Waals surface area (Å²) < 4.78 is 6.14. The number of amides is 1. The highest BCUT2D eigenvalue weighted by atomic mass is 16.5. The molecule has 0 N–H and O–H groups in total. The van der Waals surface area contributed by atoms with Crippen molar-refractivity contribution in [2.24, 2.45) is 0 Å². The molecule has 3 heteroatoms. The monoisotopic (exact) mass is 405 g/mol. The number of carbonyl (C=O) groups excluding carboxylic acids is 1. The van der Waals surface area contributed by atoms with Gasteiger partial charge < -0.3 is 9.64 Å². The zero-order valence-corrected chi connectivity index (χ0v) is 18.3.